The molecular weight excluding hydrogens is 345 g/mol. The van der Waals surface area contributed by atoms with Gasteiger partial charge in [-0.2, -0.15) is 13.2 Å². The quantitative estimate of drug-likeness (QED) is 0.840. The van der Waals surface area contributed by atoms with Crippen LogP contribution in [-0.4, -0.2) is 51.9 Å². The van der Waals surface area contributed by atoms with Gasteiger partial charge < -0.3 is 4.90 Å². The summed E-state index contributed by atoms with van der Waals surface area (Å²) in [6, 6.07) is 5.37. The summed E-state index contributed by atoms with van der Waals surface area (Å²) in [6.45, 7) is 4.44. The molecule has 1 aliphatic rings. The smallest absolute Gasteiger partial charge is 0.335 e. The van der Waals surface area contributed by atoms with Crippen LogP contribution >= 0.6 is 0 Å². The molecule has 1 fully saturated rings. The summed E-state index contributed by atoms with van der Waals surface area (Å²) in [5, 5.41) is 0. The summed E-state index contributed by atoms with van der Waals surface area (Å²) in [4.78, 5) is 24.3. The lowest BCUT2D eigenvalue weighted by Gasteiger charge is -2.34. The molecule has 0 saturated carbocycles. The number of aryl methyl sites for hydroxylation is 1. The van der Waals surface area contributed by atoms with E-state index < -0.39 is 11.7 Å². The third-order valence-corrected chi connectivity index (χ3v) is 4.32. The summed E-state index contributed by atoms with van der Waals surface area (Å²) in [5.41, 5.74) is 1.03. The number of amides is 1. The number of nitrogens with zero attached hydrogens (tertiary/aromatic N) is 4. The molecule has 3 rings (SSSR count). The van der Waals surface area contributed by atoms with Crippen molar-refractivity contribution in [1.82, 2.24) is 19.8 Å². The Morgan fingerprint density at radius 2 is 1.85 bits per heavy atom. The van der Waals surface area contributed by atoms with E-state index in [0.29, 0.717) is 44.0 Å². The summed E-state index contributed by atoms with van der Waals surface area (Å²) in [7, 11) is 0. The van der Waals surface area contributed by atoms with Crippen LogP contribution in [-0.2, 0) is 12.7 Å². The van der Waals surface area contributed by atoms with Crippen LogP contribution in [0.5, 0.6) is 0 Å². The SMILES string of the molecule is Cc1cnc(C(=O)N2CCN(Cc3cccc(C(F)(F)F)c3)CC2)cn1. The minimum atomic E-state index is -4.34. The van der Waals surface area contributed by atoms with Crippen LogP contribution in [0.3, 0.4) is 0 Å². The molecule has 1 aromatic carbocycles. The molecule has 5 nitrogen and oxygen atoms in total. The first kappa shape index (κ1) is 18.3. The first-order valence-electron chi connectivity index (χ1n) is 8.29. The van der Waals surface area contributed by atoms with E-state index in [1.54, 1.807) is 24.1 Å². The number of alkyl halides is 3. The van der Waals surface area contributed by atoms with Crippen LogP contribution in [0.2, 0.25) is 0 Å². The van der Waals surface area contributed by atoms with Gasteiger partial charge in [-0.1, -0.05) is 18.2 Å². The molecule has 0 unspecified atom stereocenters. The van der Waals surface area contributed by atoms with Gasteiger partial charge in [0.15, 0.2) is 0 Å². The predicted molar refractivity (Wildman–Crippen MR) is 89.4 cm³/mol. The minimum Gasteiger partial charge on any atom is -0.335 e. The maximum atomic E-state index is 12.8. The monoisotopic (exact) mass is 364 g/mol. The van der Waals surface area contributed by atoms with Gasteiger partial charge in [-0.15, -0.1) is 0 Å². The van der Waals surface area contributed by atoms with Crippen LogP contribution in [0.1, 0.15) is 27.3 Å². The molecule has 0 N–H and O–H groups in total. The van der Waals surface area contributed by atoms with Gasteiger partial charge >= 0.3 is 6.18 Å². The zero-order chi connectivity index (χ0) is 18.7. The largest absolute Gasteiger partial charge is 0.416 e. The number of carbonyl (C=O) groups is 1. The Labute approximate surface area is 149 Å². The lowest BCUT2D eigenvalue weighted by Crippen LogP contribution is -2.48. The number of carbonyl (C=O) groups excluding carboxylic acids is 1. The van der Waals surface area contributed by atoms with Gasteiger partial charge in [0.2, 0.25) is 0 Å². The van der Waals surface area contributed by atoms with E-state index in [1.165, 1.54) is 18.3 Å². The second kappa shape index (κ2) is 7.41. The van der Waals surface area contributed by atoms with Crippen molar-refractivity contribution in [2.75, 3.05) is 26.2 Å². The molecule has 0 bridgehead atoms. The highest BCUT2D eigenvalue weighted by Gasteiger charge is 2.30. The zero-order valence-corrected chi connectivity index (χ0v) is 14.3. The summed E-state index contributed by atoms with van der Waals surface area (Å²) >= 11 is 0. The number of hydrogen-bond acceptors (Lipinski definition) is 4. The van der Waals surface area contributed by atoms with Gasteiger partial charge in [0.1, 0.15) is 5.69 Å². The normalized spacial score (nSPS) is 15.9. The Bertz CT molecular complexity index is 769. The van der Waals surface area contributed by atoms with Crippen molar-refractivity contribution in [3.05, 3.63) is 59.2 Å². The number of halogens is 3. The predicted octanol–water partition coefficient (Wildman–Crippen LogP) is 2.76. The van der Waals surface area contributed by atoms with Crippen molar-refractivity contribution in [2.24, 2.45) is 0 Å². The van der Waals surface area contributed by atoms with Crippen molar-refractivity contribution in [1.29, 1.82) is 0 Å². The van der Waals surface area contributed by atoms with E-state index in [0.717, 1.165) is 11.8 Å². The second-order valence-corrected chi connectivity index (χ2v) is 6.31. The molecule has 1 amide bonds. The summed E-state index contributed by atoms with van der Waals surface area (Å²) in [6.07, 6.45) is -1.32. The first-order chi connectivity index (χ1) is 12.3. The maximum Gasteiger partial charge on any atom is 0.416 e. The molecular formula is C18H19F3N4O. The molecule has 2 aromatic rings. The number of hydrogen-bond donors (Lipinski definition) is 0. The zero-order valence-electron chi connectivity index (χ0n) is 14.3. The van der Waals surface area contributed by atoms with E-state index in [1.807, 2.05) is 4.90 Å². The summed E-state index contributed by atoms with van der Waals surface area (Å²) < 4.78 is 38.4. The van der Waals surface area contributed by atoms with Gasteiger partial charge in [0.05, 0.1) is 17.5 Å². The van der Waals surface area contributed by atoms with Crippen LogP contribution in [0.4, 0.5) is 13.2 Å². The first-order valence-corrected chi connectivity index (χ1v) is 8.29. The van der Waals surface area contributed by atoms with Crippen LogP contribution in [0, 0.1) is 6.92 Å². The van der Waals surface area contributed by atoms with Crippen molar-refractivity contribution in [3.8, 4) is 0 Å². The fraction of sp³-hybridized carbons (Fsp3) is 0.389. The number of aromatic nitrogens is 2. The van der Waals surface area contributed by atoms with Gasteiger partial charge in [0, 0.05) is 38.9 Å². The topological polar surface area (TPSA) is 49.3 Å². The Balaban J connectivity index is 1.57. The Morgan fingerprint density at radius 3 is 2.46 bits per heavy atom. The molecule has 1 aliphatic heterocycles. The van der Waals surface area contributed by atoms with Gasteiger partial charge in [-0.05, 0) is 18.6 Å². The van der Waals surface area contributed by atoms with Gasteiger partial charge in [-0.25, -0.2) is 4.98 Å². The molecule has 8 heteroatoms. The van der Waals surface area contributed by atoms with Crippen LogP contribution in [0.25, 0.3) is 0 Å². The highest BCUT2D eigenvalue weighted by molar-refractivity contribution is 5.92. The second-order valence-electron chi connectivity index (χ2n) is 6.31. The van der Waals surface area contributed by atoms with Crippen molar-refractivity contribution < 1.29 is 18.0 Å². The van der Waals surface area contributed by atoms with E-state index in [2.05, 4.69) is 9.97 Å². The third-order valence-electron chi connectivity index (χ3n) is 4.32. The number of benzene rings is 1. The average molecular weight is 364 g/mol. The van der Waals surface area contributed by atoms with Gasteiger partial charge in [0.25, 0.3) is 5.91 Å². The molecule has 138 valence electrons. The Hall–Kier alpha value is -2.48. The van der Waals surface area contributed by atoms with Crippen LogP contribution in [0.15, 0.2) is 36.7 Å². The lowest BCUT2D eigenvalue weighted by molar-refractivity contribution is -0.137. The third kappa shape index (κ3) is 4.37. The van der Waals surface area contributed by atoms with Crippen molar-refractivity contribution in [2.45, 2.75) is 19.6 Å². The molecule has 0 spiro atoms. The summed E-state index contributed by atoms with van der Waals surface area (Å²) in [5.74, 6) is -0.170. The molecule has 0 radical (unpaired) electrons. The van der Waals surface area contributed by atoms with E-state index in [9.17, 15) is 18.0 Å². The molecule has 0 aliphatic carbocycles. The number of rotatable bonds is 3. The molecule has 26 heavy (non-hydrogen) atoms. The Kier molecular flexibility index (Phi) is 5.22. The average Bonchev–Trinajstić information content (AvgIpc) is 2.62. The standard InChI is InChI=1S/C18H19F3N4O/c1-13-10-23-16(11-22-13)17(26)25-7-5-24(6-8-25)12-14-3-2-4-15(9-14)18(19,20)21/h2-4,9-11H,5-8,12H2,1H3. The molecule has 1 saturated heterocycles. The van der Waals surface area contributed by atoms with Gasteiger partial charge in [-0.3, -0.25) is 14.7 Å². The fourth-order valence-corrected chi connectivity index (χ4v) is 2.88. The number of piperazine rings is 1. The maximum absolute atomic E-state index is 12.8. The Morgan fingerprint density at radius 1 is 1.12 bits per heavy atom. The van der Waals surface area contributed by atoms with Crippen molar-refractivity contribution >= 4 is 5.91 Å². The highest BCUT2D eigenvalue weighted by Crippen LogP contribution is 2.29. The minimum absolute atomic E-state index is 0.170. The lowest BCUT2D eigenvalue weighted by atomic mass is 10.1. The van der Waals surface area contributed by atoms with Crippen molar-refractivity contribution in [3.63, 3.8) is 0 Å². The van der Waals surface area contributed by atoms with E-state index >= 15 is 0 Å². The van der Waals surface area contributed by atoms with Crippen LogP contribution < -0.4 is 0 Å². The molecule has 1 aromatic heterocycles. The highest BCUT2D eigenvalue weighted by atomic mass is 19.4. The fourth-order valence-electron chi connectivity index (χ4n) is 2.88. The molecule has 0 atom stereocenters. The molecule has 2 heterocycles. The van der Waals surface area contributed by atoms with E-state index in [-0.39, 0.29) is 5.91 Å². The van der Waals surface area contributed by atoms with E-state index in [4.69, 9.17) is 0 Å².